The van der Waals surface area contributed by atoms with Crippen molar-refractivity contribution in [2.75, 3.05) is 12.3 Å². The summed E-state index contributed by atoms with van der Waals surface area (Å²) in [6.45, 7) is 1.05. The van der Waals surface area contributed by atoms with Gasteiger partial charge in [-0.1, -0.05) is 50.3 Å². The van der Waals surface area contributed by atoms with Gasteiger partial charge in [0, 0.05) is 18.3 Å². The summed E-state index contributed by atoms with van der Waals surface area (Å²) in [4.78, 5) is 4.81. The van der Waals surface area contributed by atoms with Gasteiger partial charge in [-0.3, -0.25) is 4.99 Å². The summed E-state index contributed by atoms with van der Waals surface area (Å²) in [6, 6.07) is 0.741. The third-order valence-electron chi connectivity index (χ3n) is 4.92. The average molecular weight is 266 g/mol. The molecule has 102 valence electrons. The van der Waals surface area contributed by atoms with Gasteiger partial charge in [-0.15, -0.1) is 0 Å². The molecular weight excluding hydrogens is 240 g/mol. The molecule has 0 aromatic heterocycles. The number of nitrogens with zero attached hydrogens (tertiary/aromatic N) is 1. The molecule has 2 saturated carbocycles. The topological polar surface area (TPSA) is 24.4 Å². The lowest BCUT2D eigenvalue weighted by Gasteiger charge is -2.36. The lowest BCUT2D eigenvalue weighted by atomic mass is 9.86. The summed E-state index contributed by atoms with van der Waals surface area (Å²) in [5.74, 6) is 3.20. The fraction of sp³-hybridized carbons (Fsp3) is 0.933. The van der Waals surface area contributed by atoms with E-state index >= 15 is 0 Å². The highest BCUT2D eigenvalue weighted by molar-refractivity contribution is 8.13. The Bertz CT molecular complexity index is 297. The number of amidine groups is 1. The van der Waals surface area contributed by atoms with Crippen molar-refractivity contribution in [1.82, 2.24) is 5.32 Å². The van der Waals surface area contributed by atoms with E-state index in [4.69, 9.17) is 4.99 Å². The summed E-state index contributed by atoms with van der Waals surface area (Å²) in [7, 11) is 0. The van der Waals surface area contributed by atoms with E-state index in [1.165, 1.54) is 68.7 Å². The molecule has 0 aromatic rings. The van der Waals surface area contributed by atoms with Crippen molar-refractivity contribution in [2.24, 2.45) is 16.8 Å². The van der Waals surface area contributed by atoms with E-state index < -0.39 is 0 Å². The minimum absolute atomic E-state index is 0.741. The molecule has 1 N–H and O–H groups in total. The predicted molar refractivity (Wildman–Crippen MR) is 80.2 cm³/mol. The monoisotopic (exact) mass is 266 g/mol. The SMILES string of the molecule is C1CCC(CCN=C2NC3CCCCC3CS2)C1. The van der Waals surface area contributed by atoms with Crippen LogP contribution in [0.1, 0.15) is 57.8 Å². The van der Waals surface area contributed by atoms with Crippen molar-refractivity contribution in [3.8, 4) is 0 Å². The van der Waals surface area contributed by atoms with Crippen molar-refractivity contribution >= 4 is 16.9 Å². The Morgan fingerprint density at radius 1 is 1.06 bits per heavy atom. The zero-order valence-electron chi connectivity index (χ0n) is 11.4. The van der Waals surface area contributed by atoms with Gasteiger partial charge in [-0.2, -0.15) is 0 Å². The lowest BCUT2D eigenvalue weighted by molar-refractivity contribution is 0.311. The molecule has 2 unspecified atom stereocenters. The van der Waals surface area contributed by atoms with Gasteiger partial charge < -0.3 is 5.32 Å². The molecule has 3 fully saturated rings. The Kier molecular flexibility index (Phi) is 4.50. The van der Waals surface area contributed by atoms with Gasteiger partial charge >= 0.3 is 0 Å². The van der Waals surface area contributed by atoms with Gasteiger partial charge in [0.25, 0.3) is 0 Å². The van der Waals surface area contributed by atoms with Gasteiger partial charge in [0.15, 0.2) is 5.17 Å². The van der Waals surface area contributed by atoms with Crippen LogP contribution in [-0.2, 0) is 0 Å². The van der Waals surface area contributed by atoms with Gasteiger partial charge in [0.2, 0.25) is 0 Å². The maximum Gasteiger partial charge on any atom is 0.156 e. The van der Waals surface area contributed by atoms with Crippen LogP contribution in [0.15, 0.2) is 4.99 Å². The molecule has 0 bridgehead atoms. The Balaban J connectivity index is 1.44. The van der Waals surface area contributed by atoms with Gasteiger partial charge in [-0.25, -0.2) is 0 Å². The highest BCUT2D eigenvalue weighted by atomic mass is 32.2. The number of rotatable bonds is 3. The van der Waals surface area contributed by atoms with E-state index in [1.54, 1.807) is 0 Å². The molecule has 1 saturated heterocycles. The molecule has 3 heteroatoms. The van der Waals surface area contributed by atoms with Gasteiger partial charge in [0.05, 0.1) is 0 Å². The molecule has 3 rings (SSSR count). The van der Waals surface area contributed by atoms with Crippen molar-refractivity contribution in [3.05, 3.63) is 0 Å². The van der Waals surface area contributed by atoms with Crippen molar-refractivity contribution in [2.45, 2.75) is 63.8 Å². The Morgan fingerprint density at radius 2 is 1.83 bits per heavy atom. The zero-order chi connectivity index (χ0) is 12.2. The van der Waals surface area contributed by atoms with Gasteiger partial charge in [0.1, 0.15) is 0 Å². The fourth-order valence-corrected chi connectivity index (χ4v) is 4.91. The number of hydrogen-bond donors (Lipinski definition) is 1. The summed E-state index contributed by atoms with van der Waals surface area (Å²) in [5.41, 5.74) is 0. The first-order valence-electron chi connectivity index (χ1n) is 7.85. The molecular formula is C15H26N2S. The Morgan fingerprint density at radius 3 is 2.72 bits per heavy atom. The molecule has 2 atom stereocenters. The van der Waals surface area contributed by atoms with E-state index in [0.29, 0.717) is 0 Å². The predicted octanol–water partition coefficient (Wildman–Crippen LogP) is 3.82. The van der Waals surface area contributed by atoms with Crippen LogP contribution in [0.5, 0.6) is 0 Å². The van der Waals surface area contributed by atoms with E-state index in [-0.39, 0.29) is 0 Å². The molecule has 2 nitrogen and oxygen atoms in total. The van der Waals surface area contributed by atoms with Crippen LogP contribution < -0.4 is 5.32 Å². The average Bonchev–Trinajstić information content (AvgIpc) is 2.92. The maximum absolute atomic E-state index is 4.81. The molecule has 18 heavy (non-hydrogen) atoms. The van der Waals surface area contributed by atoms with E-state index in [1.807, 2.05) is 11.8 Å². The lowest BCUT2D eigenvalue weighted by Crippen LogP contribution is -2.46. The molecule has 1 aliphatic heterocycles. The smallest absolute Gasteiger partial charge is 0.156 e. The summed E-state index contributed by atoms with van der Waals surface area (Å²) >= 11 is 1.97. The van der Waals surface area contributed by atoms with Crippen LogP contribution in [-0.4, -0.2) is 23.5 Å². The van der Waals surface area contributed by atoms with Crippen LogP contribution in [0, 0.1) is 11.8 Å². The number of aliphatic imine (C=N–C) groups is 1. The quantitative estimate of drug-likeness (QED) is 0.840. The number of thioether (sulfide) groups is 1. The van der Waals surface area contributed by atoms with Crippen molar-refractivity contribution in [1.29, 1.82) is 0 Å². The second-order valence-corrected chi connectivity index (χ2v) is 7.24. The van der Waals surface area contributed by atoms with Gasteiger partial charge in [-0.05, 0) is 31.1 Å². The number of fused-ring (bicyclic) bond motifs is 1. The standard InChI is InChI=1S/C15H26N2S/c1-2-6-12(5-1)9-10-16-15-17-14-8-4-3-7-13(14)11-18-15/h12-14H,1-11H2,(H,16,17). The normalized spacial score (nSPS) is 35.4. The molecule has 0 spiro atoms. The molecule has 0 aromatic carbocycles. The van der Waals surface area contributed by atoms with Crippen LogP contribution in [0.4, 0.5) is 0 Å². The third kappa shape index (κ3) is 3.23. The molecule has 0 radical (unpaired) electrons. The Hall–Kier alpha value is -0.180. The molecule has 0 amide bonds. The largest absolute Gasteiger partial charge is 0.362 e. The van der Waals surface area contributed by atoms with Crippen LogP contribution >= 0.6 is 11.8 Å². The first kappa shape index (κ1) is 12.8. The molecule has 3 aliphatic rings. The van der Waals surface area contributed by atoms with Crippen molar-refractivity contribution < 1.29 is 0 Å². The second-order valence-electron chi connectivity index (χ2n) is 6.23. The first-order chi connectivity index (χ1) is 8.92. The summed E-state index contributed by atoms with van der Waals surface area (Å²) in [6.07, 6.45) is 12.8. The third-order valence-corrected chi connectivity index (χ3v) is 6.03. The van der Waals surface area contributed by atoms with Crippen LogP contribution in [0.25, 0.3) is 0 Å². The van der Waals surface area contributed by atoms with Crippen molar-refractivity contribution in [3.63, 3.8) is 0 Å². The van der Waals surface area contributed by atoms with E-state index in [9.17, 15) is 0 Å². The van der Waals surface area contributed by atoms with Crippen LogP contribution in [0.2, 0.25) is 0 Å². The highest BCUT2D eigenvalue weighted by Crippen LogP contribution is 2.32. The molecule has 1 heterocycles. The second kappa shape index (κ2) is 6.31. The van der Waals surface area contributed by atoms with E-state index in [0.717, 1.165) is 24.4 Å². The molecule has 2 aliphatic carbocycles. The van der Waals surface area contributed by atoms with E-state index in [2.05, 4.69) is 5.32 Å². The van der Waals surface area contributed by atoms with Crippen LogP contribution in [0.3, 0.4) is 0 Å². The maximum atomic E-state index is 4.81. The summed E-state index contributed by atoms with van der Waals surface area (Å²) in [5, 5.41) is 4.94. The summed E-state index contributed by atoms with van der Waals surface area (Å²) < 4.78 is 0. The minimum Gasteiger partial charge on any atom is -0.362 e. The fourth-order valence-electron chi connectivity index (χ4n) is 3.72. The first-order valence-corrected chi connectivity index (χ1v) is 8.84. The minimum atomic E-state index is 0.741. The zero-order valence-corrected chi connectivity index (χ0v) is 12.2. The Labute approximate surface area is 115 Å². The highest BCUT2D eigenvalue weighted by Gasteiger charge is 2.30. The number of hydrogen-bond acceptors (Lipinski definition) is 2. The number of nitrogens with one attached hydrogen (secondary N) is 1.